The number of hydrogen-bond acceptors (Lipinski definition) is 4. The molecule has 0 unspecified atom stereocenters. The maximum absolute atomic E-state index is 12.5. The fourth-order valence-corrected chi connectivity index (χ4v) is 3.83. The van der Waals surface area contributed by atoms with Gasteiger partial charge in [0.1, 0.15) is 16.9 Å². The normalized spacial score (nSPS) is 11.9. The van der Waals surface area contributed by atoms with Crippen molar-refractivity contribution in [1.82, 2.24) is 18.9 Å². The van der Waals surface area contributed by atoms with Crippen LogP contribution in [-0.4, -0.2) is 24.9 Å². The molecule has 0 aliphatic rings. The minimum Gasteiger partial charge on any atom is -0.424 e. The first-order valence-corrected chi connectivity index (χ1v) is 10.5. The standard InChI is InChI=1S/C24H28N4O2/c1-6-11-27-14-19(30-21(29)13-16(4)5)22-23(27)26-20(12-15(2)3)28-18-10-8-7-9-17(18)25-24(22)28/h6-10,14-16H,1,11-13H2,2-5H3. The number of fused-ring (bicyclic) bond motifs is 5. The molecule has 0 aliphatic carbocycles. The smallest absolute Gasteiger partial charge is 0.311 e. The van der Waals surface area contributed by atoms with Gasteiger partial charge >= 0.3 is 5.97 Å². The number of hydrogen-bond donors (Lipinski definition) is 0. The Kier molecular flexibility index (Phi) is 5.33. The second-order valence-electron chi connectivity index (χ2n) is 8.59. The quantitative estimate of drug-likeness (QED) is 0.315. The minimum absolute atomic E-state index is 0.226. The predicted molar refractivity (Wildman–Crippen MR) is 120 cm³/mol. The van der Waals surface area contributed by atoms with Crippen LogP contribution in [0.25, 0.3) is 27.7 Å². The SMILES string of the molecule is C=CCn1cc(OC(=O)CC(C)C)c2c1nc(CC(C)C)n1c3ccccc3nc21. The highest BCUT2D eigenvalue weighted by molar-refractivity contribution is 6.01. The van der Waals surface area contributed by atoms with Gasteiger partial charge in [-0.3, -0.25) is 9.20 Å². The van der Waals surface area contributed by atoms with Gasteiger partial charge in [0, 0.05) is 25.6 Å². The maximum atomic E-state index is 12.5. The Morgan fingerprint density at radius 3 is 2.60 bits per heavy atom. The fraction of sp³-hybridized carbons (Fsp3) is 0.375. The Morgan fingerprint density at radius 1 is 1.13 bits per heavy atom. The van der Waals surface area contributed by atoms with Crippen molar-refractivity contribution in [3.63, 3.8) is 0 Å². The van der Waals surface area contributed by atoms with Gasteiger partial charge in [-0.2, -0.15) is 0 Å². The third-order valence-electron chi connectivity index (χ3n) is 5.01. The number of esters is 1. The van der Waals surface area contributed by atoms with E-state index in [2.05, 4.69) is 30.9 Å². The lowest BCUT2D eigenvalue weighted by Crippen LogP contribution is -2.11. The van der Waals surface area contributed by atoms with Crippen molar-refractivity contribution in [2.45, 2.75) is 47.1 Å². The first-order valence-electron chi connectivity index (χ1n) is 10.5. The molecule has 0 spiro atoms. The van der Waals surface area contributed by atoms with E-state index < -0.39 is 0 Å². The first-order chi connectivity index (χ1) is 14.4. The van der Waals surface area contributed by atoms with Gasteiger partial charge in [0.25, 0.3) is 0 Å². The van der Waals surface area contributed by atoms with Crippen LogP contribution in [0.4, 0.5) is 0 Å². The maximum Gasteiger partial charge on any atom is 0.311 e. The molecule has 0 saturated heterocycles. The van der Waals surface area contributed by atoms with Crippen molar-refractivity contribution in [2.75, 3.05) is 0 Å². The van der Waals surface area contributed by atoms with E-state index in [4.69, 9.17) is 14.7 Å². The number of rotatable bonds is 7. The number of ether oxygens (including phenoxy) is 1. The van der Waals surface area contributed by atoms with E-state index >= 15 is 0 Å². The van der Waals surface area contributed by atoms with Crippen molar-refractivity contribution in [2.24, 2.45) is 11.8 Å². The van der Waals surface area contributed by atoms with Crippen molar-refractivity contribution in [3.05, 3.63) is 48.9 Å². The Bertz CT molecular complexity index is 1250. The first kappa shape index (κ1) is 20.1. The number of para-hydroxylation sites is 2. The Morgan fingerprint density at radius 2 is 1.90 bits per heavy atom. The largest absolute Gasteiger partial charge is 0.424 e. The highest BCUT2D eigenvalue weighted by Gasteiger charge is 2.22. The van der Waals surface area contributed by atoms with Gasteiger partial charge in [-0.05, 0) is 24.0 Å². The number of imidazole rings is 1. The molecule has 0 saturated carbocycles. The van der Waals surface area contributed by atoms with Gasteiger partial charge in [0.2, 0.25) is 0 Å². The van der Waals surface area contributed by atoms with Crippen molar-refractivity contribution in [1.29, 1.82) is 0 Å². The lowest BCUT2D eigenvalue weighted by Gasteiger charge is -2.11. The third kappa shape index (κ3) is 3.58. The molecule has 3 heterocycles. The number of benzene rings is 1. The number of carbonyl (C=O) groups is 1. The van der Waals surface area contributed by atoms with Crippen LogP contribution in [0.3, 0.4) is 0 Å². The predicted octanol–water partition coefficient (Wildman–Crippen LogP) is 5.17. The molecule has 6 heteroatoms. The molecule has 156 valence electrons. The van der Waals surface area contributed by atoms with Gasteiger partial charge in [-0.25, -0.2) is 9.97 Å². The summed E-state index contributed by atoms with van der Waals surface area (Å²) in [6, 6.07) is 8.04. The summed E-state index contributed by atoms with van der Waals surface area (Å²) in [5.41, 5.74) is 3.44. The van der Waals surface area contributed by atoms with E-state index in [1.165, 1.54) is 0 Å². The summed E-state index contributed by atoms with van der Waals surface area (Å²) < 4.78 is 9.89. The molecule has 0 radical (unpaired) electrons. The molecule has 0 atom stereocenters. The molecule has 30 heavy (non-hydrogen) atoms. The van der Waals surface area contributed by atoms with E-state index in [1.807, 2.05) is 48.9 Å². The number of allylic oxidation sites excluding steroid dienone is 1. The minimum atomic E-state index is -0.247. The summed E-state index contributed by atoms with van der Waals surface area (Å²) in [6.45, 7) is 12.8. The monoisotopic (exact) mass is 404 g/mol. The Hall–Kier alpha value is -3.15. The summed E-state index contributed by atoms with van der Waals surface area (Å²) in [4.78, 5) is 22.4. The Balaban J connectivity index is 2.04. The van der Waals surface area contributed by atoms with Crippen LogP contribution in [0.5, 0.6) is 5.75 Å². The molecule has 4 aromatic rings. The van der Waals surface area contributed by atoms with E-state index in [1.54, 1.807) is 0 Å². The summed E-state index contributed by atoms with van der Waals surface area (Å²) in [6.07, 6.45) is 4.83. The molecule has 0 aliphatic heterocycles. The van der Waals surface area contributed by atoms with E-state index in [0.29, 0.717) is 24.6 Å². The fourth-order valence-electron chi connectivity index (χ4n) is 3.83. The lowest BCUT2D eigenvalue weighted by molar-refractivity contribution is -0.135. The van der Waals surface area contributed by atoms with E-state index in [0.717, 1.165) is 40.0 Å². The van der Waals surface area contributed by atoms with Crippen LogP contribution in [-0.2, 0) is 17.8 Å². The van der Waals surface area contributed by atoms with Crippen molar-refractivity contribution >= 4 is 33.7 Å². The van der Waals surface area contributed by atoms with Gasteiger partial charge in [0.05, 0.1) is 11.0 Å². The Labute approximate surface area is 176 Å². The second-order valence-corrected chi connectivity index (χ2v) is 8.59. The molecule has 0 N–H and O–H groups in total. The average Bonchev–Trinajstić information content (AvgIpc) is 3.20. The molecule has 0 fully saturated rings. The second kappa shape index (κ2) is 7.94. The van der Waals surface area contributed by atoms with Gasteiger partial charge in [-0.15, -0.1) is 6.58 Å². The van der Waals surface area contributed by atoms with E-state index in [-0.39, 0.29) is 11.9 Å². The third-order valence-corrected chi connectivity index (χ3v) is 5.01. The lowest BCUT2D eigenvalue weighted by atomic mass is 10.1. The van der Waals surface area contributed by atoms with Crippen LogP contribution >= 0.6 is 0 Å². The number of aromatic nitrogens is 4. The molecule has 0 amide bonds. The summed E-state index contributed by atoms with van der Waals surface area (Å²) >= 11 is 0. The van der Waals surface area contributed by atoms with Gasteiger partial charge in [0.15, 0.2) is 11.4 Å². The van der Waals surface area contributed by atoms with Crippen LogP contribution in [0.1, 0.15) is 39.9 Å². The summed E-state index contributed by atoms with van der Waals surface area (Å²) in [5.74, 6) is 1.86. The highest BCUT2D eigenvalue weighted by atomic mass is 16.5. The summed E-state index contributed by atoms with van der Waals surface area (Å²) in [7, 11) is 0. The molecule has 3 aromatic heterocycles. The highest BCUT2D eigenvalue weighted by Crippen LogP contribution is 2.34. The van der Waals surface area contributed by atoms with Gasteiger partial charge in [-0.1, -0.05) is 45.9 Å². The zero-order valence-corrected chi connectivity index (χ0v) is 18.1. The zero-order valence-electron chi connectivity index (χ0n) is 18.1. The van der Waals surface area contributed by atoms with Crippen LogP contribution in [0, 0.1) is 11.8 Å². The zero-order chi connectivity index (χ0) is 21.4. The molecule has 1 aromatic carbocycles. The van der Waals surface area contributed by atoms with Crippen molar-refractivity contribution < 1.29 is 9.53 Å². The molecule has 6 nitrogen and oxygen atoms in total. The van der Waals surface area contributed by atoms with Crippen LogP contribution < -0.4 is 4.74 Å². The van der Waals surface area contributed by atoms with E-state index in [9.17, 15) is 4.79 Å². The van der Waals surface area contributed by atoms with Crippen LogP contribution in [0.15, 0.2) is 43.1 Å². The number of nitrogens with zero attached hydrogens (tertiary/aromatic N) is 4. The topological polar surface area (TPSA) is 61.4 Å². The molecular weight excluding hydrogens is 376 g/mol. The molecule has 4 rings (SSSR count). The number of carbonyl (C=O) groups excluding carboxylic acids is 1. The van der Waals surface area contributed by atoms with Crippen LogP contribution in [0.2, 0.25) is 0 Å². The molecule has 0 bridgehead atoms. The van der Waals surface area contributed by atoms with Crippen molar-refractivity contribution in [3.8, 4) is 5.75 Å². The van der Waals surface area contributed by atoms with Gasteiger partial charge < -0.3 is 9.30 Å². The molecular formula is C24H28N4O2. The average molecular weight is 405 g/mol. The summed E-state index contributed by atoms with van der Waals surface area (Å²) in [5, 5.41) is 0.762.